The van der Waals surface area contributed by atoms with Crippen molar-refractivity contribution in [2.45, 2.75) is 56.6 Å². The lowest BCUT2D eigenvalue weighted by atomic mass is 9.83. The van der Waals surface area contributed by atoms with Gasteiger partial charge in [0.05, 0.1) is 5.60 Å². The lowest BCUT2D eigenvalue weighted by Gasteiger charge is -2.37. The Bertz CT molecular complexity index is 442. The van der Waals surface area contributed by atoms with Crippen molar-refractivity contribution in [3.8, 4) is 0 Å². The topological polar surface area (TPSA) is 35.2 Å². The zero-order valence-corrected chi connectivity index (χ0v) is 12.0. The van der Waals surface area contributed by atoms with Crippen molar-refractivity contribution in [1.82, 2.24) is 0 Å². The van der Waals surface area contributed by atoms with E-state index in [1.165, 1.54) is 25.0 Å². The summed E-state index contributed by atoms with van der Waals surface area (Å²) in [6, 6.07) is 3.39. The molecule has 1 aliphatic carbocycles. The van der Waals surface area contributed by atoms with Crippen LogP contribution in [0, 0.1) is 11.6 Å². The van der Waals surface area contributed by atoms with E-state index >= 15 is 0 Å². The summed E-state index contributed by atoms with van der Waals surface area (Å²) in [7, 11) is 1.69. The second kappa shape index (κ2) is 6.64. The molecule has 0 aromatic heterocycles. The summed E-state index contributed by atoms with van der Waals surface area (Å²) in [6.45, 7) is 0. The van der Waals surface area contributed by atoms with Crippen LogP contribution in [-0.4, -0.2) is 18.8 Å². The van der Waals surface area contributed by atoms with Crippen molar-refractivity contribution < 1.29 is 13.5 Å². The Balaban J connectivity index is 2.13. The lowest BCUT2D eigenvalue weighted by molar-refractivity contribution is -0.0431. The second-order valence-electron chi connectivity index (χ2n) is 5.73. The molecule has 0 heterocycles. The van der Waals surface area contributed by atoms with Gasteiger partial charge in [0.25, 0.3) is 0 Å². The third-order valence-electron chi connectivity index (χ3n) is 4.49. The Hall–Kier alpha value is -1.00. The van der Waals surface area contributed by atoms with Crippen LogP contribution in [0.1, 0.15) is 44.1 Å². The molecule has 4 heteroatoms. The largest absolute Gasteiger partial charge is 0.377 e. The van der Waals surface area contributed by atoms with Gasteiger partial charge in [0.1, 0.15) is 11.6 Å². The Morgan fingerprint density at radius 3 is 2.40 bits per heavy atom. The molecule has 0 bridgehead atoms. The van der Waals surface area contributed by atoms with Crippen LogP contribution in [-0.2, 0) is 11.2 Å². The van der Waals surface area contributed by atoms with Crippen molar-refractivity contribution in [3.63, 3.8) is 0 Å². The first-order chi connectivity index (χ1) is 9.57. The van der Waals surface area contributed by atoms with Gasteiger partial charge < -0.3 is 10.5 Å². The fraction of sp³-hybridized carbons (Fsp3) is 0.625. The van der Waals surface area contributed by atoms with E-state index < -0.39 is 11.6 Å². The van der Waals surface area contributed by atoms with E-state index in [4.69, 9.17) is 10.5 Å². The van der Waals surface area contributed by atoms with Crippen molar-refractivity contribution in [2.75, 3.05) is 7.11 Å². The standard InChI is InChI=1S/C16H23F2NO/c1-20-16(8-4-2-3-5-9-16)15(19)10-12-6-7-13(17)11-14(12)18/h6-7,11,15H,2-5,8-10,19H2,1H3. The quantitative estimate of drug-likeness (QED) is 0.857. The molecule has 1 aromatic rings. The van der Waals surface area contributed by atoms with Crippen molar-refractivity contribution in [1.29, 1.82) is 0 Å². The van der Waals surface area contributed by atoms with Crippen LogP contribution in [0.25, 0.3) is 0 Å². The van der Waals surface area contributed by atoms with Crippen molar-refractivity contribution in [3.05, 3.63) is 35.4 Å². The van der Waals surface area contributed by atoms with Gasteiger partial charge in [0.2, 0.25) is 0 Å². The van der Waals surface area contributed by atoms with Gasteiger partial charge >= 0.3 is 0 Å². The van der Waals surface area contributed by atoms with Gasteiger partial charge in [-0.15, -0.1) is 0 Å². The van der Waals surface area contributed by atoms with Gasteiger partial charge in [-0.2, -0.15) is 0 Å². The minimum absolute atomic E-state index is 0.273. The van der Waals surface area contributed by atoms with Crippen molar-refractivity contribution in [2.24, 2.45) is 5.73 Å². The third-order valence-corrected chi connectivity index (χ3v) is 4.49. The molecular weight excluding hydrogens is 260 g/mol. The highest BCUT2D eigenvalue weighted by Crippen LogP contribution is 2.33. The highest BCUT2D eigenvalue weighted by molar-refractivity contribution is 5.20. The Morgan fingerprint density at radius 1 is 1.20 bits per heavy atom. The molecule has 2 nitrogen and oxygen atoms in total. The molecule has 0 spiro atoms. The zero-order chi connectivity index (χ0) is 14.6. The van der Waals surface area contributed by atoms with E-state index in [0.29, 0.717) is 12.0 Å². The summed E-state index contributed by atoms with van der Waals surface area (Å²) in [4.78, 5) is 0. The van der Waals surface area contributed by atoms with E-state index in [1.807, 2.05) is 0 Å². The molecule has 2 rings (SSSR count). The van der Waals surface area contributed by atoms with Crippen LogP contribution in [0.15, 0.2) is 18.2 Å². The molecule has 0 aliphatic heterocycles. The Labute approximate surface area is 119 Å². The molecule has 0 radical (unpaired) electrons. The normalized spacial score (nSPS) is 20.4. The van der Waals surface area contributed by atoms with Gasteiger partial charge in [0.15, 0.2) is 0 Å². The second-order valence-corrected chi connectivity index (χ2v) is 5.73. The molecule has 0 saturated heterocycles. The summed E-state index contributed by atoms with van der Waals surface area (Å²) >= 11 is 0. The first kappa shape index (κ1) is 15.4. The van der Waals surface area contributed by atoms with Gasteiger partial charge in [-0.1, -0.05) is 31.7 Å². The third kappa shape index (κ3) is 3.36. The Morgan fingerprint density at radius 2 is 1.85 bits per heavy atom. The summed E-state index contributed by atoms with van der Waals surface area (Å²) < 4.78 is 32.4. The first-order valence-electron chi connectivity index (χ1n) is 7.32. The minimum atomic E-state index is -0.559. The maximum absolute atomic E-state index is 13.8. The SMILES string of the molecule is COC1(C(N)Cc2ccc(F)cc2F)CCCCCC1. The molecular formula is C16H23F2NO. The summed E-state index contributed by atoms with van der Waals surface area (Å²) in [5.41, 5.74) is 6.40. The molecule has 1 fully saturated rings. The Kier molecular flexibility index (Phi) is 5.11. The summed E-state index contributed by atoms with van der Waals surface area (Å²) in [5, 5.41) is 0. The fourth-order valence-corrected chi connectivity index (χ4v) is 3.16. The molecule has 1 aliphatic rings. The first-order valence-corrected chi connectivity index (χ1v) is 7.32. The molecule has 1 aromatic carbocycles. The number of hydrogen-bond donors (Lipinski definition) is 1. The fourth-order valence-electron chi connectivity index (χ4n) is 3.16. The highest BCUT2D eigenvalue weighted by Gasteiger charge is 2.37. The number of nitrogens with two attached hydrogens (primary N) is 1. The summed E-state index contributed by atoms with van der Waals surface area (Å²) in [6.07, 6.45) is 6.77. The minimum Gasteiger partial charge on any atom is -0.377 e. The van der Waals surface area contributed by atoms with Gasteiger partial charge in [-0.3, -0.25) is 0 Å². The van der Waals surface area contributed by atoms with Crippen LogP contribution < -0.4 is 5.73 Å². The highest BCUT2D eigenvalue weighted by atomic mass is 19.1. The molecule has 112 valence electrons. The van der Waals surface area contributed by atoms with E-state index in [9.17, 15) is 8.78 Å². The maximum Gasteiger partial charge on any atom is 0.129 e. The van der Waals surface area contributed by atoms with Crippen LogP contribution in [0.4, 0.5) is 8.78 Å². The van der Waals surface area contributed by atoms with Crippen LogP contribution >= 0.6 is 0 Å². The van der Waals surface area contributed by atoms with E-state index in [1.54, 1.807) is 7.11 Å². The number of rotatable bonds is 4. The van der Waals surface area contributed by atoms with Gasteiger partial charge in [0, 0.05) is 19.2 Å². The van der Waals surface area contributed by atoms with Crippen LogP contribution in [0.2, 0.25) is 0 Å². The van der Waals surface area contributed by atoms with E-state index in [0.717, 1.165) is 31.7 Å². The maximum atomic E-state index is 13.8. The molecule has 0 amide bonds. The monoisotopic (exact) mass is 283 g/mol. The number of methoxy groups -OCH3 is 1. The van der Waals surface area contributed by atoms with Crippen LogP contribution in [0.3, 0.4) is 0 Å². The number of benzene rings is 1. The van der Waals surface area contributed by atoms with Gasteiger partial charge in [-0.25, -0.2) is 8.78 Å². The molecule has 1 unspecified atom stereocenters. The summed E-state index contributed by atoms with van der Waals surface area (Å²) in [5.74, 6) is -1.09. The smallest absolute Gasteiger partial charge is 0.129 e. The lowest BCUT2D eigenvalue weighted by Crippen LogP contribution is -2.50. The van der Waals surface area contributed by atoms with Gasteiger partial charge in [-0.05, 0) is 30.9 Å². The van der Waals surface area contributed by atoms with Crippen LogP contribution in [0.5, 0.6) is 0 Å². The average Bonchev–Trinajstić information content (AvgIpc) is 2.68. The zero-order valence-electron chi connectivity index (χ0n) is 12.0. The van der Waals surface area contributed by atoms with Crippen molar-refractivity contribution >= 4 is 0 Å². The number of halogens is 2. The molecule has 2 N–H and O–H groups in total. The molecule has 1 saturated carbocycles. The number of ether oxygens (including phenoxy) is 1. The van der Waals surface area contributed by atoms with E-state index in [2.05, 4.69) is 0 Å². The van der Waals surface area contributed by atoms with E-state index in [-0.39, 0.29) is 11.6 Å². The number of hydrogen-bond acceptors (Lipinski definition) is 2. The molecule has 1 atom stereocenters. The predicted molar refractivity (Wildman–Crippen MR) is 75.5 cm³/mol. The average molecular weight is 283 g/mol. The predicted octanol–water partition coefficient (Wildman–Crippen LogP) is 3.57. The molecule has 20 heavy (non-hydrogen) atoms.